The second kappa shape index (κ2) is 7.49. The zero-order chi connectivity index (χ0) is 19.8. The molecule has 0 aliphatic carbocycles. The topological polar surface area (TPSA) is 152 Å². The number of fused-ring (bicyclic) bond motifs is 1. The van der Waals surface area contributed by atoms with Crippen molar-refractivity contribution >= 4 is 34.3 Å². The number of rotatable bonds is 5. The van der Waals surface area contributed by atoms with Gasteiger partial charge in [-0.1, -0.05) is 17.7 Å². The molecule has 1 unspecified atom stereocenters. The van der Waals surface area contributed by atoms with E-state index in [1.54, 1.807) is 12.1 Å². The van der Waals surface area contributed by atoms with Crippen molar-refractivity contribution in [2.45, 2.75) is 31.1 Å². The zero-order valence-corrected chi connectivity index (χ0v) is 15.4. The average Bonchev–Trinajstić information content (AvgIpc) is 3.24. The van der Waals surface area contributed by atoms with Crippen LogP contribution in [-0.2, 0) is 11.3 Å². The molecular weight excluding hydrogens is 388 g/mol. The molecule has 0 bridgehead atoms. The van der Waals surface area contributed by atoms with Gasteiger partial charge in [-0.2, -0.15) is 0 Å². The molecule has 0 saturated carbocycles. The molecule has 1 fully saturated rings. The Bertz CT molecular complexity index is 999. The van der Waals surface area contributed by atoms with E-state index in [1.807, 2.05) is 6.07 Å². The monoisotopic (exact) mass is 406 g/mol. The number of benzene rings is 1. The molecule has 4 rings (SSSR count). The molecule has 0 amide bonds. The van der Waals surface area contributed by atoms with Crippen LogP contribution in [0, 0.1) is 0 Å². The summed E-state index contributed by atoms with van der Waals surface area (Å²) in [6, 6.07) is 5.34. The first kappa shape index (κ1) is 18.8. The average molecular weight is 407 g/mol. The number of aromatic nitrogens is 4. The maximum atomic E-state index is 10.2. The number of aliphatic hydroxyl groups is 3. The lowest BCUT2D eigenvalue weighted by Crippen LogP contribution is -2.33. The Hall–Kier alpha value is -2.50. The molecule has 0 spiro atoms. The summed E-state index contributed by atoms with van der Waals surface area (Å²) in [4.78, 5) is 12.7. The highest BCUT2D eigenvalue weighted by molar-refractivity contribution is 6.33. The normalized spacial score (nSPS) is 24.7. The quantitative estimate of drug-likeness (QED) is 0.376. The van der Waals surface area contributed by atoms with Crippen molar-refractivity contribution in [3.63, 3.8) is 0 Å². The molecular formula is C17H19ClN6O4. The van der Waals surface area contributed by atoms with Crippen molar-refractivity contribution in [3.05, 3.63) is 41.4 Å². The summed E-state index contributed by atoms with van der Waals surface area (Å²) >= 11 is 5.94. The summed E-state index contributed by atoms with van der Waals surface area (Å²) in [5.74, 6) is 0.490. The lowest BCUT2D eigenvalue weighted by molar-refractivity contribution is -0.0511. The van der Waals surface area contributed by atoms with Gasteiger partial charge in [0, 0.05) is 6.54 Å². The molecule has 3 heterocycles. The molecule has 1 saturated heterocycles. The minimum Gasteiger partial charge on any atom is -0.398 e. The van der Waals surface area contributed by atoms with Crippen LogP contribution in [0.1, 0.15) is 11.8 Å². The van der Waals surface area contributed by atoms with E-state index in [2.05, 4.69) is 20.3 Å². The molecule has 11 heteroatoms. The van der Waals surface area contributed by atoms with E-state index in [0.717, 1.165) is 5.56 Å². The number of hydrogen-bond donors (Lipinski definition) is 5. The fraction of sp³-hybridized carbons (Fsp3) is 0.353. The van der Waals surface area contributed by atoms with Gasteiger partial charge in [-0.3, -0.25) is 4.57 Å². The van der Waals surface area contributed by atoms with Crippen molar-refractivity contribution in [2.75, 3.05) is 17.7 Å². The van der Waals surface area contributed by atoms with Gasteiger partial charge in [0.15, 0.2) is 23.2 Å². The van der Waals surface area contributed by atoms with Crippen LogP contribution in [0.3, 0.4) is 0 Å². The van der Waals surface area contributed by atoms with Gasteiger partial charge in [0.05, 0.1) is 23.6 Å². The van der Waals surface area contributed by atoms with E-state index in [-0.39, 0.29) is 0 Å². The van der Waals surface area contributed by atoms with Crippen LogP contribution in [0.25, 0.3) is 11.2 Å². The Labute approximate surface area is 164 Å². The maximum Gasteiger partial charge on any atom is 0.167 e. The summed E-state index contributed by atoms with van der Waals surface area (Å²) in [6.45, 7) is 0.0293. The minimum atomic E-state index is -1.22. The number of halogens is 1. The lowest BCUT2D eigenvalue weighted by Gasteiger charge is -2.16. The van der Waals surface area contributed by atoms with E-state index in [1.165, 1.54) is 17.2 Å². The fourth-order valence-corrected chi connectivity index (χ4v) is 3.28. The molecule has 3 aromatic rings. The van der Waals surface area contributed by atoms with Gasteiger partial charge < -0.3 is 31.1 Å². The Morgan fingerprint density at radius 1 is 1.21 bits per heavy atom. The van der Waals surface area contributed by atoms with Crippen LogP contribution in [0.4, 0.5) is 11.5 Å². The molecule has 1 aromatic carbocycles. The predicted octanol–water partition coefficient (Wildman–Crippen LogP) is 0.286. The minimum absolute atomic E-state index is 0.409. The number of aliphatic hydroxyl groups excluding tert-OH is 3. The van der Waals surface area contributed by atoms with Crippen molar-refractivity contribution < 1.29 is 20.1 Å². The zero-order valence-electron chi connectivity index (χ0n) is 14.6. The molecule has 28 heavy (non-hydrogen) atoms. The summed E-state index contributed by atoms with van der Waals surface area (Å²) in [5.41, 5.74) is 8.12. The Morgan fingerprint density at radius 3 is 2.75 bits per heavy atom. The van der Waals surface area contributed by atoms with Crippen LogP contribution in [0.2, 0.25) is 5.02 Å². The van der Waals surface area contributed by atoms with E-state index < -0.39 is 31.1 Å². The lowest BCUT2D eigenvalue weighted by atomic mass is 10.1. The number of nitrogen functional groups attached to an aromatic ring is 1. The van der Waals surface area contributed by atoms with Gasteiger partial charge in [0.25, 0.3) is 0 Å². The molecule has 10 nitrogen and oxygen atoms in total. The van der Waals surface area contributed by atoms with E-state index in [9.17, 15) is 15.3 Å². The first-order valence-corrected chi connectivity index (χ1v) is 8.95. The summed E-state index contributed by atoms with van der Waals surface area (Å²) < 4.78 is 7.05. The fourth-order valence-electron chi connectivity index (χ4n) is 3.17. The van der Waals surface area contributed by atoms with Gasteiger partial charge in [0.1, 0.15) is 24.6 Å². The first-order valence-electron chi connectivity index (χ1n) is 8.57. The number of anilines is 2. The highest BCUT2D eigenvalue weighted by atomic mass is 35.5. The number of nitrogens with one attached hydrogen (secondary N) is 1. The highest BCUT2D eigenvalue weighted by Crippen LogP contribution is 2.32. The molecule has 4 atom stereocenters. The summed E-state index contributed by atoms with van der Waals surface area (Å²) in [7, 11) is 0. The van der Waals surface area contributed by atoms with Gasteiger partial charge in [-0.25, -0.2) is 15.0 Å². The molecule has 0 radical (unpaired) electrons. The molecule has 148 valence electrons. The molecule has 1 aliphatic heterocycles. The van der Waals surface area contributed by atoms with E-state index >= 15 is 0 Å². The Balaban J connectivity index is 1.59. The summed E-state index contributed by atoms with van der Waals surface area (Å²) in [5, 5.41) is 33.2. The highest BCUT2D eigenvalue weighted by Gasteiger charge is 2.44. The van der Waals surface area contributed by atoms with Crippen molar-refractivity contribution in [2.24, 2.45) is 0 Å². The number of nitrogens with two attached hydrogens (primary N) is 1. The van der Waals surface area contributed by atoms with Crippen molar-refractivity contribution in [3.8, 4) is 0 Å². The third-order valence-corrected chi connectivity index (χ3v) is 5.01. The second-order valence-corrected chi connectivity index (χ2v) is 6.89. The number of hydrogen-bond acceptors (Lipinski definition) is 9. The van der Waals surface area contributed by atoms with Gasteiger partial charge >= 0.3 is 0 Å². The molecule has 2 aromatic heterocycles. The van der Waals surface area contributed by atoms with Gasteiger partial charge in [-0.05, 0) is 17.7 Å². The van der Waals surface area contributed by atoms with Gasteiger partial charge in [0.2, 0.25) is 0 Å². The smallest absolute Gasteiger partial charge is 0.167 e. The van der Waals surface area contributed by atoms with Crippen LogP contribution in [-0.4, -0.2) is 59.8 Å². The van der Waals surface area contributed by atoms with E-state index in [0.29, 0.717) is 34.2 Å². The number of ether oxygens (including phenoxy) is 1. The number of nitrogens with zero attached hydrogens (tertiary/aromatic N) is 4. The third-order valence-electron chi connectivity index (χ3n) is 4.67. The van der Waals surface area contributed by atoms with Crippen LogP contribution >= 0.6 is 11.6 Å². The van der Waals surface area contributed by atoms with Crippen molar-refractivity contribution in [1.82, 2.24) is 19.5 Å². The second-order valence-electron chi connectivity index (χ2n) is 6.48. The molecule has 1 aliphatic rings. The SMILES string of the molecule is Nc1cc(CNc2ncnc3c2ncn3C2O[C@H](CO)[C@@H](O)[C@H]2O)ccc1Cl. The summed E-state index contributed by atoms with van der Waals surface area (Å²) in [6.07, 6.45) is -1.42. The van der Waals surface area contributed by atoms with Crippen molar-refractivity contribution in [1.29, 1.82) is 0 Å². The molecule has 6 N–H and O–H groups in total. The predicted molar refractivity (Wildman–Crippen MR) is 102 cm³/mol. The standard InChI is InChI=1S/C17H19ClN6O4/c18-9-2-1-8(3-10(9)19)4-20-15-12-16(22-6-21-15)24(7-23-12)17-14(27)13(26)11(5-25)28-17/h1-3,6-7,11,13-14,17,25-27H,4-5,19H2,(H,20,21,22)/t11-,13-,14-,17?/m1/s1. The van der Waals surface area contributed by atoms with Crippen LogP contribution < -0.4 is 11.1 Å². The maximum absolute atomic E-state index is 10.2. The van der Waals surface area contributed by atoms with E-state index in [4.69, 9.17) is 22.1 Å². The number of imidazole rings is 1. The van der Waals surface area contributed by atoms with Gasteiger partial charge in [-0.15, -0.1) is 0 Å². The largest absolute Gasteiger partial charge is 0.398 e. The van der Waals surface area contributed by atoms with Crippen LogP contribution in [0.15, 0.2) is 30.9 Å². The Morgan fingerprint density at radius 2 is 2.04 bits per heavy atom. The van der Waals surface area contributed by atoms with Crippen LogP contribution in [0.5, 0.6) is 0 Å². The first-order chi connectivity index (χ1) is 13.5. The Kier molecular flexibility index (Phi) is 5.04. The third kappa shape index (κ3) is 3.25.